The van der Waals surface area contributed by atoms with E-state index < -0.39 is 0 Å². The number of benzene rings is 3. The Labute approximate surface area is 183 Å². The molecule has 0 aliphatic carbocycles. The first-order valence-electron chi connectivity index (χ1n) is 9.63. The van der Waals surface area contributed by atoms with Crippen molar-refractivity contribution in [3.63, 3.8) is 0 Å². The number of nitrogens with zero attached hydrogens (tertiary/aromatic N) is 2. The van der Waals surface area contributed by atoms with E-state index in [-0.39, 0.29) is 5.78 Å². The van der Waals surface area contributed by atoms with Crippen LogP contribution in [0.5, 0.6) is 5.75 Å². The van der Waals surface area contributed by atoms with E-state index in [0.717, 1.165) is 16.9 Å². The number of hydrogen-bond acceptors (Lipinski definition) is 4. The molecule has 0 bridgehead atoms. The van der Waals surface area contributed by atoms with E-state index in [2.05, 4.69) is 0 Å². The van der Waals surface area contributed by atoms with Gasteiger partial charge < -0.3 is 14.5 Å². The standard InChI is InChI=1S/C25H25ClN2O2/c1-27(2)16-15-24(29)23-17-22(28(3)21-11-9-20(26)10-12-21)13-14-25(23)30-18-19-7-5-4-6-8-19/h4-17H,18H2,1-3H3/b16-15+. The van der Waals surface area contributed by atoms with Crippen molar-refractivity contribution in [2.75, 3.05) is 26.0 Å². The molecule has 0 aromatic heterocycles. The van der Waals surface area contributed by atoms with Gasteiger partial charge in [-0.05, 0) is 48.0 Å². The van der Waals surface area contributed by atoms with Crippen molar-refractivity contribution in [2.24, 2.45) is 0 Å². The van der Waals surface area contributed by atoms with E-state index in [0.29, 0.717) is 22.9 Å². The van der Waals surface area contributed by atoms with Crippen molar-refractivity contribution in [1.82, 2.24) is 4.90 Å². The number of allylic oxidation sites excluding steroid dienone is 1. The highest BCUT2D eigenvalue weighted by Gasteiger charge is 2.14. The maximum Gasteiger partial charge on any atom is 0.191 e. The Bertz CT molecular complexity index is 1020. The van der Waals surface area contributed by atoms with Gasteiger partial charge in [-0.1, -0.05) is 41.9 Å². The molecule has 0 amide bonds. The highest BCUT2D eigenvalue weighted by molar-refractivity contribution is 6.30. The molecule has 0 atom stereocenters. The number of ketones is 1. The molecule has 154 valence electrons. The van der Waals surface area contributed by atoms with Crippen LogP contribution in [0, 0.1) is 0 Å². The van der Waals surface area contributed by atoms with Crippen molar-refractivity contribution < 1.29 is 9.53 Å². The maximum atomic E-state index is 12.9. The third-order valence-corrected chi connectivity index (χ3v) is 4.84. The van der Waals surface area contributed by atoms with Crippen LogP contribution in [0.3, 0.4) is 0 Å². The van der Waals surface area contributed by atoms with Crippen molar-refractivity contribution in [3.8, 4) is 5.75 Å². The fourth-order valence-corrected chi connectivity index (χ4v) is 3.03. The molecular formula is C25H25ClN2O2. The van der Waals surface area contributed by atoms with Crippen molar-refractivity contribution >= 4 is 28.8 Å². The third kappa shape index (κ3) is 5.65. The Balaban J connectivity index is 1.91. The number of rotatable bonds is 8. The minimum atomic E-state index is -0.113. The first-order valence-corrected chi connectivity index (χ1v) is 10.0. The molecule has 30 heavy (non-hydrogen) atoms. The van der Waals surface area contributed by atoms with E-state index in [1.54, 1.807) is 12.3 Å². The third-order valence-electron chi connectivity index (χ3n) is 4.59. The average Bonchev–Trinajstić information content (AvgIpc) is 2.76. The van der Waals surface area contributed by atoms with Gasteiger partial charge in [0.15, 0.2) is 5.78 Å². The summed E-state index contributed by atoms with van der Waals surface area (Å²) in [7, 11) is 5.70. The summed E-state index contributed by atoms with van der Waals surface area (Å²) in [6.07, 6.45) is 3.29. The summed E-state index contributed by atoms with van der Waals surface area (Å²) < 4.78 is 6.00. The second kappa shape index (κ2) is 9.99. The molecule has 0 N–H and O–H groups in total. The first kappa shape index (κ1) is 21.5. The van der Waals surface area contributed by atoms with E-state index in [4.69, 9.17) is 16.3 Å². The zero-order chi connectivity index (χ0) is 21.5. The predicted molar refractivity (Wildman–Crippen MR) is 124 cm³/mol. The van der Waals surface area contributed by atoms with Gasteiger partial charge in [-0.15, -0.1) is 0 Å². The highest BCUT2D eigenvalue weighted by atomic mass is 35.5. The Hall–Kier alpha value is -3.24. The number of ether oxygens (including phenoxy) is 1. The summed E-state index contributed by atoms with van der Waals surface area (Å²) >= 11 is 6.00. The second-order valence-corrected chi connectivity index (χ2v) is 7.57. The van der Waals surface area contributed by atoms with Crippen LogP contribution < -0.4 is 9.64 Å². The molecule has 3 rings (SSSR count). The van der Waals surface area contributed by atoms with Crippen LogP contribution in [0.1, 0.15) is 15.9 Å². The number of halogens is 1. The van der Waals surface area contributed by atoms with Crippen LogP contribution in [0.4, 0.5) is 11.4 Å². The van der Waals surface area contributed by atoms with Gasteiger partial charge in [0.05, 0.1) is 5.56 Å². The topological polar surface area (TPSA) is 32.8 Å². The average molecular weight is 421 g/mol. The lowest BCUT2D eigenvalue weighted by Gasteiger charge is -2.21. The lowest BCUT2D eigenvalue weighted by molar-refractivity contribution is 0.104. The van der Waals surface area contributed by atoms with Gasteiger partial charge in [0, 0.05) is 49.8 Å². The van der Waals surface area contributed by atoms with E-state index in [1.807, 2.05) is 104 Å². The van der Waals surface area contributed by atoms with Gasteiger partial charge in [-0.3, -0.25) is 4.79 Å². The van der Waals surface area contributed by atoms with Crippen LogP contribution in [-0.2, 0) is 6.61 Å². The van der Waals surface area contributed by atoms with E-state index in [1.165, 1.54) is 0 Å². The van der Waals surface area contributed by atoms with Gasteiger partial charge in [-0.25, -0.2) is 0 Å². The first-order chi connectivity index (χ1) is 14.4. The summed E-state index contributed by atoms with van der Waals surface area (Å²) in [5.74, 6) is 0.443. The molecule has 0 unspecified atom stereocenters. The smallest absolute Gasteiger partial charge is 0.191 e. The molecule has 0 heterocycles. The monoisotopic (exact) mass is 420 g/mol. The van der Waals surface area contributed by atoms with Crippen LogP contribution in [0.2, 0.25) is 5.02 Å². The molecule has 0 saturated carbocycles. The summed E-state index contributed by atoms with van der Waals surface area (Å²) in [5.41, 5.74) is 3.41. The Morgan fingerprint density at radius 3 is 2.27 bits per heavy atom. The molecule has 3 aromatic carbocycles. The van der Waals surface area contributed by atoms with E-state index >= 15 is 0 Å². The van der Waals surface area contributed by atoms with Crippen LogP contribution >= 0.6 is 11.6 Å². The molecular weight excluding hydrogens is 396 g/mol. The maximum absolute atomic E-state index is 12.9. The molecule has 3 aromatic rings. The molecule has 0 saturated heterocycles. The largest absolute Gasteiger partial charge is 0.488 e. The molecule has 0 aliphatic heterocycles. The van der Waals surface area contributed by atoms with Gasteiger partial charge in [0.25, 0.3) is 0 Å². The van der Waals surface area contributed by atoms with Crippen molar-refractivity contribution in [3.05, 3.63) is 101 Å². The minimum Gasteiger partial charge on any atom is -0.488 e. The molecule has 5 heteroatoms. The predicted octanol–water partition coefficient (Wildman–Crippen LogP) is 5.94. The Morgan fingerprint density at radius 1 is 0.933 bits per heavy atom. The van der Waals surface area contributed by atoms with Crippen LogP contribution in [-0.4, -0.2) is 31.8 Å². The van der Waals surface area contributed by atoms with Crippen LogP contribution in [0.15, 0.2) is 85.1 Å². The van der Waals surface area contributed by atoms with Gasteiger partial charge in [-0.2, -0.15) is 0 Å². The molecule has 0 spiro atoms. The number of carbonyl (C=O) groups excluding carboxylic acids is 1. The highest BCUT2D eigenvalue weighted by Crippen LogP contribution is 2.30. The van der Waals surface area contributed by atoms with E-state index in [9.17, 15) is 4.79 Å². The molecule has 0 radical (unpaired) electrons. The lowest BCUT2D eigenvalue weighted by atomic mass is 10.1. The SMILES string of the molecule is CN(C)/C=C/C(=O)c1cc(N(C)c2ccc(Cl)cc2)ccc1OCc1ccccc1. The van der Waals surface area contributed by atoms with Gasteiger partial charge in [0.1, 0.15) is 12.4 Å². The quantitative estimate of drug-likeness (QED) is 0.333. The number of carbonyl (C=O) groups is 1. The van der Waals surface area contributed by atoms with Gasteiger partial charge in [0.2, 0.25) is 0 Å². The Kier molecular flexibility index (Phi) is 7.15. The van der Waals surface area contributed by atoms with Crippen molar-refractivity contribution in [1.29, 1.82) is 0 Å². The number of hydrogen-bond donors (Lipinski definition) is 0. The zero-order valence-electron chi connectivity index (χ0n) is 17.4. The fraction of sp³-hybridized carbons (Fsp3) is 0.160. The summed E-state index contributed by atoms with van der Waals surface area (Å²) in [6.45, 7) is 0.394. The fourth-order valence-electron chi connectivity index (χ4n) is 2.90. The number of anilines is 2. The molecule has 4 nitrogen and oxygen atoms in total. The summed E-state index contributed by atoms with van der Waals surface area (Å²) in [5, 5.41) is 0.682. The Morgan fingerprint density at radius 2 is 1.60 bits per heavy atom. The minimum absolute atomic E-state index is 0.113. The zero-order valence-corrected chi connectivity index (χ0v) is 18.1. The van der Waals surface area contributed by atoms with Gasteiger partial charge >= 0.3 is 0 Å². The molecule has 0 aliphatic rings. The van der Waals surface area contributed by atoms with Crippen molar-refractivity contribution in [2.45, 2.75) is 6.61 Å². The second-order valence-electron chi connectivity index (χ2n) is 7.13. The lowest BCUT2D eigenvalue weighted by Crippen LogP contribution is -2.11. The summed E-state index contributed by atoms with van der Waals surface area (Å²) in [6, 6.07) is 23.1. The summed E-state index contributed by atoms with van der Waals surface area (Å²) in [4.78, 5) is 16.7. The normalized spacial score (nSPS) is 10.8. The van der Waals surface area contributed by atoms with Crippen LogP contribution in [0.25, 0.3) is 0 Å². The molecule has 0 fully saturated rings.